The Morgan fingerprint density at radius 1 is 1.21 bits per heavy atom. The smallest absolute Gasteiger partial charge is 0.240 e. The Balaban J connectivity index is 2.16. The number of pyridine rings is 1. The summed E-state index contributed by atoms with van der Waals surface area (Å²) in [7, 11) is -3.49. The maximum absolute atomic E-state index is 12.1. The molecule has 2 aromatic rings. The van der Waals surface area contributed by atoms with E-state index in [0.717, 1.165) is 15.6 Å². The summed E-state index contributed by atoms with van der Waals surface area (Å²) in [6, 6.07) is 8.49. The second-order valence-electron chi connectivity index (χ2n) is 4.09. The van der Waals surface area contributed by atoms with Gasteiger partial charge in [0.1, 0.15) is 0 Å². The summed E-state index contributed by atoms with van der Waals surface area (Å²) in [5.41, 5.74) is 1.75. The fourth-order valence-corrected chi connectivity index (χ4v) is 2.90. The summed E-state index contributed by atoms with van der Waals surface area (Å²) >= 11 is 3.35. The molecule has 0 saturated heterocycles. The van der Waals surface area contributed by atoms with Crippen molar-refractivity contribution in [1.82, 2.24) is 9.71 Å². The zero-order valence-electron chi connectivity index (χ0n) is 10.3. The zero-order valence-corrected chi connectivity index (χ0v) is 12.7. The molecular formula is C13H13BrN2O2S. The van der Waals surface area contributed by atoms with Gasteiger partial charge in [0.15, 0.2) is 0 Å². The largest absolute Gasteiger partial charge is 0.265 e. The van der Waals surface area contributed by atoms with Gasteiger partial charge >= 0.3 is 0 Å². The van der Waals surface area contributed by atoms with Crippen LogP contribution in [0.1, 0.15) is 11.1 Å². The summed E-state index contributed by atoms with van der Waals surface area (Å²) in [6.07, 6.45) is 3.26. The van der Waals surface area contributed by atoms with Crippen LogP contribution in [-0.2, 0) is 16.6 Å². The Bertz CT molecular complexity index is 672. The molecule has 0 atom stereocenters. The van der Waals surface area contributed by atoms with Gasteiger partial charge in [-0.15, -0.1) is 0 Å². The Hall–Kier alpha value is -1.24. The topological polar surface area (TPSA) is 59.1 Å². The molecule has 4 nitrogen and oxygen atoms in total. The Morgan fingerprint density at radius 2 is 1.89 bits per heavy atom. The maximum atomic E-state index is 12.1. The normalized spacial score (nSPS) is 11.5. The van der Waals surface area contributed by atoms with Crippen LogP contribution in [0.25, 0.3) is 0 Å². The first-order valence-electron chi connectivity index (χ1n) is 5.64. The van der Waals surface area contributed by atoms with Gasteiger partial charge in [0.2, 0.25) is 10.0 Å². The molecule has 1 aromatic heterocycles. The number of nitrogens with zero attached hydrogens (tertiary/aromatic N) is 1. The van der Waals surface area contributed by atoms with Gasteiger partial charge in [0, 0.05) is 23.4 Å². The summed E-state index contributed by atoms with van der Waals surface area (Å²) < 4.78 is 27.7. The van der Waals surface area contributed by atoms with E-state index in [1.165, 1.54) is 0 Å². The van der Waals surface area contributed by atoms with Crippen molar-refractivity contribution in [2.45, 2.75) is 18.4 Å². The standard InChI is InChI=1S/C13H13BrN2O2S/c1-10-8-12(2-3-13(10)14)19(17,18)16-9-11-4-6-15-7-5-11/h2-8,16H,9H2,1H3. The third-order valence-electron chi connectivity index (χ3n) is 2.66. The number of hydrogen-bond acceptors (Lipinski definition) is 3. The van der Waals surface area contributed by atoms with E-state index in [4.69, 9.17) is 0 Å². The van der Waals surface area contributed by atoms with Gasteiger partial charge in [-0.3, -0.25) is 4.98 Å². The molecule has 2 rings (SSSR count). The first-order valence-corrected chi connectivity index (χ1v) is 7.91. The Kier molecular flexibility index (Phi) is 4.34. The monoisotopic (exact) mass is 340 g/mol. The lowest BCUT2D eigenvalue weighted by Gasteiger charge is -2.08. The first kappa shape index (κ1) is 14.2. The maximum Gasteiger partial charge on any atom is 0.240 e. The van der Waals surface area contributed by atoms with E-state index >= 15 is 0 Å². The number of aryl methyl sites for hydroxylation is 1. The van der Waals surface area contributed by atoms with Crippen molar-refractivity contribution in [3.8, 4) is 0 Å². The van der Waals surface area contributed by atoms with Gasteiger partial charge in [0.05, 0.1) is 4.90 Å². The predicted octanol–water partition coefficient (Wildman–Crippen LogP) is 2.63. The van der Waals surface area contributed by atoms with Crippen LogP contribution >= 0.6 is 15.9 Å². The van der Waals surface area contributed by atoms with Crippen molar-refractivity contribution in [3.05, 3.63) is 58.3 Å². The minimum atomic E-state index is -3.49. The van der Waals surface area contributed by atoms with Gasteiger partial charge in [-0.1, -0.05) is 15.9 Å². The third kappa shape index (κ3) is 3.62. The molecule has 1 N–H and O–H groups in total. The molecular weight excluding hydrogens is 328 g/mol. The summed E-state index contributed by atoms with van der Waals surface area (Å²) in [4.78, 5) is 4.15. The fourth-order valence-electron chi connectivity index (χ4n) is 1.55. The lowest BCUT2D eigenvalue weighted by atomic mass is 10.2. The van der Waals surface area contributed by atoms with Crippen LogP contribution in [0.4, 0.5) is 0 Å². The molecule has 0 amide bonds. The van der Waals surface area contributed by atoms with E-state index in [0.29, 0.717) is 0 Å². The molecule has 1 aromatic carbocycles. The van der Waals surface area contributed by atoms with Crippen molar-refractivity contribution < 1.29 is 8.42 Å². The van der Waals surface area contributed by atoms with Crippen LogP contribution < -0.4 is 4.72 Å². The first-order chi connectivity index (χ1) is 8.99. The van der Waals surface area contributed by atoms with Crippen LogP contribution in [0.3, 0.4) is 0 Å². The van der Waals surface area contributed by atoms with E-state index in [2.05, 4.69) is 25.6 Å². The predicted molar refractivity (Wildman–Crippen MR) is 77.1 cm³/mol. The molecule has 0 bridgehead atoms. The molecule has 0 aliphatic heterocycles. The summed E-state index contributed by atoms with van der Waals surface area (Å²) in [6.45, 7) is 2.10. The van der Waals surface area contributed by atoms with Gasteiger partial charge in [-0.05, 0) is 48.4 Å². The minimum Gasteiger partial charge on any atom is -0.265 e. The number of benzene rings is 1. The minimum absolute atomic E-state index is 0.250. The highest BCUT2D eigenvalue weighted by molar-refractivity contribution is 9.10. The Morgan fingerprint density at radius 3 is 2.53 bits per heavy atom. The van der Waals surface area contributed by atoms with Gasteiger partial charge in [0.25, 0.3) is 0 Å². The van der Waals surface area contributed by atoms with Gasteiger partial charge in [-0.2, -0.15) is 0 Å². The number of rotatable bonds is 4. The average Bonchev–Trinajstić information content (AvgIpc) is 2.41. The highest BCUT2D eigenvalue weighted by atomic mass is 79.9. The van der Waals surface area contributed by atoms with Crippen molar-refractivity contribution >= 4 is 26.0 Å². The van der Waals surface area contributed by atoms with Crippen LogP contribution in [-0.4, -0.2) is 13.4 Å². The number of hydrogen-bond donors (Lipinski definition) is 1. The van der Waals surface area contributed by atoms with Crippen LogP contribution in [0, 0.1) is 6.92 Å². The molecule has 100 valence electrons. The lowest BCUT2D eigenvalue weighted by molar-refractivity contribution is 0.581. The van der Waals surface area contributed by atoms with Crippen LogP contribution in [0.5, 0.6) is 0 Å². The lowest BCUT2D eigenvalue weighted by Crippen LogP contribution is -2.23. The Labute approximate surface area is 121 Å². The molecule has 0 radical (unpaired) electrons. The average molecular weight is 341 g/mol. The second-order valence-corrected chi connectivity index (χ2v) is 6.71. The molecule has 0 aliphatic rings. The van der Waals surface area contributed by atoms with Crippen molar-refractivity contribution in [2.24, 2.45) is 0 Å². The number of aromatic nitrogens is 1. The van der Waals surface area contributed by atoms with Crippen molar-refractivity contribution in [2.75, 3.05) is 0 Å². The molecule has 1 heterocycles. The molecule has 6 heteroatoms. The molecule has 0 fully saturated rings. The number of halogens is 1. The van der Waals surface area contributed by atoms with E-state index in [9.17, 15) is 8.42 Å². The molecule has 0 saturated carbocycles. The highest BCUT2D eigenvalue weighted by Gasteiger charge is 2.14. The quantitative estimate of drug-likeness (QED) is 0.930. The van der Waals surface area contributed by atoms with Gasteiger partial charge < -0.3 is 0 Å². The summed E-state index contributed by atoms with van der Waals surface area (Å²) in [5, 5.41) is 0. The second kappa shape index (κ2) is 5.81. The zero-order chi connectivity index (χ0) is 13.9. The number of sulfonamides is 1. The van der Waals surface area contributed by atoms with E-state index in [1.807, 2.05) is 6.92 Å². The fraction of sp³-hybridized carbons (Fsp3) is 0.154. The van der Waals surface area contributed by atoms with E-state index in [-0.39, 0.29) is 11.4 Å². The van der Waals surface area contributed by atoms with Crippen molar-refractivity contribution in [1.29, 1.82) is 0 Å². The SMILES string of the molecule is Cc1cc(S(=O)(=O)NCc2ccncc2)ccc1Br. The highest BCUT2D eigenvalue weighted by Crippen LogP contribution is 2.20. The van der Waals surface area contributed by atoms with E-state index < -0.39 is 10.0 Å². The van der Waals surface area contributed by atoms with Crippen molar-refractivity contribution in [3.63, 3.8) is 0 Å². The third-order valence-corrected chi connectivity index (χ3v) is 4.94. The number of nitrogens with one attached hydrogen (secondary N) is 1. The van der Waals surface area contributed by atoms with Crippen LogP contribution in [0.15, 0.2) is 52.1 Å². The molecule has 19 heavy (non-hydrogen) atoms. The van der Waals surface area contributed by atoms with Gasteiger partial charge in [-0.25, -0.2) is 13.1 Å². The molecule has 0 unspecified atom stereocenters. The molecule has 0 spiro atoms. The summed E-state index contributed by atoms with van der Waals surface area (Å²) in [5.74, 6) is 0. The van der Waals surface area contributed by atoms with Crippen LogP contribution in [0.2, 0.25) is 0 Å². The molecule has 0 aliphatic carbocycles. The van der Waals surface area contributed by atoms with E-state index in [1.54, 1.807) is 42.7 Å².